The molecule has 0 saturated carbocycles. The second-order valence-electron chi connectivity index (χ2n) is 6.37. The zero-order valence-electron chi connectivity index (χ0n) is 14.6. The molecule has 2 aromatic heterocycles. The maximum Gasteiger partial charge on any atom is 0.228 e. The SMILES string of the molecule is Cc1cc(NC(=O)C2CCN(C(=O)CCC(=O)c3cccs3)CC2)no1. The smallest absolute Gasteiger partial charge is 0.228 e. The van der Waals surface area contributed by atoms with Crippen molar-refractivity contribution in [2.75, 3.05) is 18.4 Å². The second kappa shape index (κ2) is 8.27. The van der Waals surface area contributed by atoms with Gasteiger partial charge < -0.3 is 14.7 Å². The predicted molar refractivity (Wildman–Crippen MR) is 97.1 cm³/mol. The van der Waals surface area contributed by atoms with Gasteiger partial charge in [-0.2, -0.15) is 0 Å². The van der Waals surface area contributed by atoms with Crippen LogP contribution in [-0.2, 0) is 9.59 Å². The molecule has 2 amide bonds. The van der Waals surface area contributed by atoms with Gasteiger partial charge in [0.2, 0.25) is 11.8 Å². The van der Waals surface area contributed by atoms with Gasteiger partial charge in [-0.3, -0.25) is 14.4 Å². The molecule has 0 bridgehead atoms. The molecule has 0 radical (unpaired) electrons. The van der Waals surface area contributed by atoms with Crippen molar-refractivity contribution in [3.05, 3.63) is 34.2 Å². The number of piperidine rings is 1. The van der Waals surface area contributed by atoms with Crippen molar-refractivity contribution in [1.29, 1.82) is 0 Å². The highest BCUT2D eigenvalue weighted by Crippen LogP contribution is 2.21. The number of thiophene rings is 1. The van der Waals surface area contributed by atoms with Gasteiger partial charge in [0.25, 0.3) is 0 Å². The Bertz CT molecular complexity index is 776. The number of nitrogens with zero attached hydrogens (tertiary/aromatic N) is 2. The number of anilines is 1. The average Bonchev–Trinajstić information content (AvgIpc) is 3.31. The van der Waals surface area contributed by atoms with E-state index in [1.54, 1.807) is 24.0 Å². The molecule has 1 saturated heterocycles. The van der Waals surface area contributed by atoms with Crippen LogP contribution in [0, 0.1) is 12.8 Å². The summed E-state index contributed by atoms with van der Waals surface area (Å²) in [7, 11) is 0. The van der Waals surface area contributed by atoms with E-state index in [0.29, 0.717) is 42.4 Å². The molecule has 1 N–H and O–H groups in total. The minimum absolute atomic E-state index is 0.00511. The molecule has 0 atom stereocenters. The summed E-state index contributed by atoms with van der Waals surface area (Å²) in [5.41, 5.74) is 0. The summed E-state index contributed by atoms with van der Waals surface area (Å²) in [4.78, 5) is 39.0. The number of ketones is 1. The maximum atomic E-state index is 12.3. The van der Waals surface area contributed by atoms with Crippen molar-refractivity contribution in [3.63, 3.8) is 0 Å². The Hall–Kier alpha value is -2.48. The molecule has 1 fully saturated rings. The second-order valence-corrected chi connectivity index (χ2v) is 7.32. The number of aryl methyl sites for hydroxylation is 1. The standard InChI is InChI=1S/C18H21N3O4S/c1-12-11-16(20-25-12)19-18(24)13-6-8-21(9-7-13)17(23)5-4-14(22)15-3-2-10-26-15/h2-3,10-11,13H,4-9H2,1H3,(H,19,20,24). The molecular weight excluding hydrogens is 354 g/mol. The number of amides is 2. The predicted octanol–water partition coefficient (Wildman–Crippen LogP) is 2.88. The molecule has 1 aliphatic heterocycles. The highest BCUT2D eigenvalue weighted by Gasteiger charge is 2.28. The normalized spacial score (nSPS) is 15.0. The van der Waals surface area contributed by atoms with E-state index < -0.39 is 0 Å². The third-order valence-electron chi connectivity index (χ3n) is 4.46. The Kier molecular flexibility index (Phi) is 5.82. The summed E-state index contributed by atoms with van der Waals surface area (Å²) >= 11 is 1.39. The molecule has 1 aliphatic rings. The lowest BCUT2D eigenvalue weighted by Crippen LogP contribution is -2.41. The number of likely N-dealkylation sites (tertiary alicyclic amines) is 1. The molecule has 3 heterocycles. The van der Waals surface area contributed by atoms with Crippen LogP contribution in [0.4, 0.5) is 5.82 Å². The minimum Gasteiger partial charge on any atom is -0.360 e. The first-order valence-electron chi connectivity index (χ1n) is 8.61. The van der Waals surface area contributed by atoms with Gasteiger partial charge in [-0.1, -0.05) is 11.2 Å². The number of rotatable bonds is 6. The van der Waals surface area contributed by atoms with E-state index >= 15 is 0 Å². The van der Waals surface area contributed by atoms with Crippen LogP contribution in [0.1, 0.15) is 41.1 Å². The molecule has 3 rings (SSSR count). The molecule has 8 heteroatoms. The van der Waals surface area contributed by atoms with Gasteiger partial charge in [-0.15, -0.1) is 11.3 Å². The van der Waals surface area contributed by atoms with Crippen molar-refractivity contribution in [1.82, 2.24) is 10.1 Å². The molecule has 0 aromatic carbocycles. The molecule has 7 nitrogen and oxygen atoms in total. The fourth-order valence-corrected chi connectivity index (χ4v) is 3.68. The highest BCUT2D eigenvalue weighted by molar-refractivity contribution is 7.12. The van der Waals surface area contributed by atoms with Gasteiger partial charge in [-0.25, -0.2) is 0 Å². The lowest BCUT2D eigenvalue weighted by atomic mass is 9.95. The van der Waals surface area contributed by atoms with E-state index in [0.717, 1.165) is 0 Å². The lowest BCUT2D eigenvalue weighted by molar-refractivity contribution is -0.134. The van der Waals surface area contributed by atoms with E-state index in [1.165, 1.54) is 11.3 Å². The largest absolute Gasteiger partial charge is 0.360 e. The summed E-state index contributed by atoms with van der Waals surface area (Å²) in [6, 6.07) is 5.27. The first-order chi connectivity index (χ1) is 12.5. The Morgan fingerprint density at radius 2 is 2.08 bits per heavy atom. The summed E-state index contributed by atoms with van der Waals surface area (Å²) < 4.78 is 4.93. The third kappa shape index (κ3) is 4.57. The van der Waals surface area contributed by atoms with Crippen LogP contribution in [-0.4, -0.2) is 40.7 Å². The summed E-state index contributed by atoms with van der Waals surface area (Å²) in [6.07, 6.45) is 1.65. The van der Waals surface area contributed by atoms with Crippen molar-refractivity contribution in [2.24, 2.45) is 5.92 Å². The topological polar surface area (TPSA) is 92.5 Å². The number of aromatic nitrogens is 1. The molecule has 0 aliphatic carbocycles. The maximum absolute atomic E-state index is 12.3. The fourth-order valence-electron chi connectivity index (χ4n) is 2.98. The Labute approximate surface area is 155 Å². The quantitative estimate of drug-likeness (QED) is 0.784. The van der Waals surface area contributed by atoms with Gasteiger partial charge in [0, 0.05) is 37.9 Å². The van der Waals surface area contributed by atoms with Gasteiger partial charge in [0.15, 0.2) is 11.6 Å². The van der Waals surface area contributed by atoms with Crippen molar-refractivity contribution >= 4 is 34.8 Å². The number of hydrogen-bond donors (Lipinski definition) is 1. The monoisotopic (exact) mass is 375 g/mol. The minimum atomic E-state index is -0.149. The van der Waals surface area contributed by atoms with Crippen molar-refractivity contribution < 1.29 is 18.9 Å². The number of carbonyl (C=O) groups excluding carboxylic acids is 3. The van der Waals surface area contributed by atoms with Gasteiger partial charge in [0.1, 0.15) is 5.76 Å². The molecule has 26 heavy (non-hydrogen) atoms. The highest BCUT2D eigenvalue weighted by atomic mass is 32.1. The van der Waals surface area contributed by atoms with Gasteiger partial charge in [-0.05, 0) is 31.2 Å². The van der Waals surface area contributed by atoms with E-state index in [9.17, 15) is 14.4 Å². The van der Waals surface area contributed by atoms with E-state index in [2.05, 4.69) is 10.5 Å². The van der Waals surface area contributed by atoms with Crippen LogP contribution in [0.25, 0.3) is 0 Å². The van der Waals surface area contributed by atoms with Crippen LogP contribution in [0.3, 0.4) is 0 Å². The van der Waals surface area contributed by atoms with Crippen LogP contribution >= 0.6 is 11.3 Å². The number of Topliss-reactive ketones (excluding diaryl/α,β-unsaturated/α-hetero) is 1. The third-order valence-corrected chi connectivity index (χ3v) is 5.37. The van der Waals surface area contributed by atoms with E-state index in [1.807, 2.05) is 11.4 Å². The number of hydrogen-bond acceptors (Lipinski definition) is 6. The average molecular weight is 375 g/mol. The zero-order valence-corrected chi connectivity index (χ0v) is 15.4. The van der Waals surface area contributed by atoms with Crippen molar-refractivity contribution in [3.8, 4) is 0 Å². The number of carbonyl (C=O) groups is 3. The fraction of sp³-hybridized carbons (Fsp3) is 0.444. The Morgan fingerprint density at radius 3 is 2.69 bits per heavy atom. The van der Waals surface area contributed by atoms with Crippen LogP contribution in [0.5, 0.6) is 0 Å². The first kappa shape index (κ1) is 18.3. The Balaban J connectivity index is 1.42. The van der Waals surface area contributed by atoms with E-state index in [-0.39, 0.29) is 36.4 Å². The number of nitrogens with one attached hydrogen (secondary N) is 1. The van der Waals surface area contributed by atoms with E-state index in [4.69, 9.17) is 4.52 Å². The van der Waals surface area contributed by atoms with Crippen LogP contribution in [0.2, 0.25) is 0 Å². The zero-order chi connectivity index (χ0) is 18.5. The summed E-state index contributed by atoms with van der Waals surface area (Å²) in [5, 5.41) is 8.35. The summed E-state index contributed by atoms with van der Waals surface area (Å²) in [6.45, 7) is 2.82. The van der Waals surface area contributed by atoms with Crippen LogP contribution < -0.4 is 5.32 Å². The van der Waals surface area contributed by atoms with Crippen LogP contribution in [0.15, 0.2) is 28.1 Å². The molecule has 2 aromatic rings. The molecule has 138 valence electrons. The van der Waals surface area contributed by atoms with Gasteiger partial charge >= 0.3 is 0 Å². The lowest BCUT2D eigenvalue weighted by Gasteiger charge is -2.31. The molecule has 0 spiro atoms. The Morgan fingerprint density at radius 1 is 1.31 bits per heavy atom. The van der Waals surface area contributed by atoms with Crippen molar-refractivity contribution in [2.45, 2.75) is 32.6 Å². The first-order valence-corrected chi connectivity index (χ1v) is 9.49. The molecule has 0 unspecified atom stereocenters. The van der Waals surface area contributed by atoms with Gasteiger partial charge in [0.05, 0.1) is 4.88 Å². The molecular formula is C18H21N3O4S. The summed E-state index contributed by atoms with van der Waals surface area (Å²) in [5.74, 6) is 0.782.